The van der Waals surface area contributed by atoms with Crippen LogP contribution in [0.3, 0.4) is 0 Å². The van der Waals surface area contributed by atoms with Crippen LogP contribution in [-0.4, -0.2) is 43.7 Å². The lowest BCUT2D eigenvalue weighted by molar-refractivity contribution is -0.140. The first-order valence-corrected chi connectivity index (χ1v) is 5.83. The van der Waals surface area contributed by atoms with Crippen LogP contribution >= 0.6 is 11.6 Å². The highest BCUT2D eigenvalue weighted by molar-refractivity contribution is 6.18. The van der Waals surface area contributed by atoms with Crippen molar-refractivity contribution in [3.05, 3.63) is 12.2 Å². The van der Waals surface area contributed by atoms with E-state index >= 15 is 0 Å². The number of unbranched alkanes of at least 4 members (excludes halogenated alkanes) is 1. The van der Waals surface area contributed by atoms with Crippen LogP contribution < -0.4 is 0 Å². The van der Waals surface area contributed by atoms with Crippen LogP contribution in [0, 0.1) is 0 Å². The van der Waals surface area contributed by atoms with Gasteiger partial charge in [0.1, 0.15) is 0 Å². The van der Waals surface area contributed by atoms with Crippen molar-refractivity contribution >= 4 is 17.6 Å². The standard InChI is InChI=1S/C11H20ClNO3/c1-10(2)11(14)16-9-5-4-7-13(15-3)8-6-12/h1,4-9H2,2-3H3. The molecule has 0 radical (unpaired) electrons. The Bertz CT molecular complexity index is 221. The van der Waals surface area contributed by atoms with Crippen molar-refractivity contribution in [2.45, 2.75) is 19.8 Å². The molecule has 0 atom stereocenters. The first kappa shape index (κ1) is 15.4. The Labute approximate surface area is 102 Å². The van der Waals surface area contributed by atoms with E-state index in [1.54, 1.807) is 19.1 Å². The molecule has 0 bridgehead atoms. The lowest BCUT2D eigenvalue weighted by atomic mass is 10.3. The molecule has 0 aromatic carbocycles. The highest BCUT2D eigenvalue weighted by Crippen LogP contribution is 1.99. The zero-order valence-corrected chi connectivity index (χ0v) is 10.8. The Kier molecular flexibility index (Phi) is 9.28. The van der Waals surface area contributed by atoms with Gasteiger partial charge in [-0.15, -0.1) is 11.6 Å². The Morgan fingerprint density at radius 2 is 2.06 bits per heavy atom. The minimum Gasteiger partial charge on any atom is -0.462 e. The zero-order valence-electron chi connectivity index (χ0n) is 10.00. The molecule has 0 fully saturated rings. The van der Waals surface area contributed by atoms with Gasteiger partial charge in [0.15, 0.2) is 0 Å². The second-order valence-corrected chi connectivity index (χ2v) is 3.80. The van der Waals surface area contributed by atoms with Crippen molar-refractivity contribution in [3.8, 4) is 0 Å². The van der Waals surface area contributed by atoms with Gasteiger partial charge >= 0.3 is 5.97 Å². The monoisotopic (exact) mass is 249 g/mol. The molecule has 0 rings (SSSR count). The molecule has 0 aliphatic rings. The maximum atomic E-state index is 11.0. The van der Waals surface area contributed by atoms with E-state index in [1.165, 1.54) is 0 Å². The molecule has 0 amide bonds. The number of hydrogen-bond acceptors (Lipinski definition) is 4. The van der Waals surface area contributed by atoms with E-state index in [4.69, 9.17) is 21.2 Å². The lowest BCUT2D eigenvalue weighted by Gasteiger charge is -2.17. The number of hydroxylamine groups is 2. The molecule has 5 heteroatoms. The Morgan fingerprint density at radius 1 is 1.38 bits per heavy atom. The number of halogens is 1. The van der Waals surface area contributed by atoms with E-state index in [0.29, 0.717) is 24.6 Å². The normalized spacial score (nSPS) is 10.5. The number of alkyl halides is 1. The summed E-state index contributed by atoms with van der Waals surface area (Å²) >= 11 is 5.59. The largest absolute Gasteiger partial charge is 0.462 e. The molecule has 4 nitrogen and oxygen atoms in total. The van der Waals surface area contributed by atoms with Crippen molar-refractivity contribution in [1.29, 1.82) is 0 Å². The van der Waals surface area contributed by atoms with E-state index in [0.717, 1.165) is 19.4 Å². The summed E-state index contributed by atoms with van der Waals surface area (Å²) in [6.45, 7) is 7.04. The van der Waals surface area contributed by atoms with E-state index in [1.807, 2.05) is 0 Å². The summed E-state index contributed by atoms with van der Waals surface area (Å²) < 4.78 is 4.95. The zero-order chi connectivity index (χ0) is 12.4. The fraction of sp³-hybridized carbons (Fsp3) is 0.727. The van der Waals surface area contributed by atoms with Crippen molar-refractivity contribution in [2.75, 3.05) is 32.7 Å². The third kappa shape index (κ3) is 7.68. The molecule has 0 aromatic rings. The van der Waals surface area contributed by atoms with Gasteiger partial charge < -0.3 is 9.57 Å². The first-order chi connectivity index (χ1) is 7.61. The second-order valence-electron chi connectivity index (χ2n) is 3.42. The fourth-order valence-corrected chi connectivity index (χ4v) is 1.26. The number of rotatable bonds is 9. The summed E-state index contributed by atoms with van der Waals surface area (Å²) in [4.78, 5) is 16.1. The van der Waals surface area contributed by atoms with Crippen LogP contribution in [-0.2, 0) is 14.4 Å². The molecular weight excluding hydrogens is 230 g/mol. The topological polar surface area (TPSA) is 38.8 Å². The summed E-state index contributed by atoms with van der Waals surface area (Å²) in [7, 11) is 1.62. The van der Waals surface area contributed by atoms with Crippen LogP contribution in [0.15, 0.2) is 12.2 Å². The predicted molar refractivity (Wildman–Crippen MR) is 64.3 cm³/mol. The van der Waals surface area contributed by atoms with Crippen molar-refractivity contribution in [2.24, 2.45) is 0 Å². The molecule has 0 spiro atoms. The Morgan fingerprint density at radius 3 is 2.56 bits per heavy atom. The number of esters is 1. The number of ether oxygens (including phenoxy) is 1. The van der Waals surface area contributed by atoms with E-state index < -0.39 is 0 Å². The summed E-state index contributed by atoms with van der Waals surface area (Å²) in [5.41, 5.74) is 0.431. The van der Waals surface area contributed by atoms with Gasteiger partial charge in [0.05, 0.1) is 13.7 Å². The molecule has 0 saturated heterocycles. The summed E-state index contributed by atoms with van der Waals surface area (Å²) in [6, 6.07) is 0. The number of nitrogens with zero attached hydrogens (tertiary/aromatic N) is 1. The van der Waals surface area contributed by atoms with Gasteiger partial charge in [-0.05, 0) is 19.8 Å². The predicted octanol–water partition coefficient (Wildman–Crippen LogP) is 1.99. The molecule has 0 heterocycles. The van der Waals surface area contributed by atoms with Crippen molar-refractivity contribution < 1.29 is 14.4 Å². The molecule has 94 valence electrons. The molecule has 0 N–H and O–H groups in total. The third-order valence-corrected chi connectivity index (χ3v) is 2.14. The maximum Gasteiger partial charge on any atom is 0.333 e. The average Bonchev–Trinajstić information content (AvgIpc) is 2.26. The van der Waals surface area contributed by atoms with Gasteiger partial charge in [-0.2, -0.15) is 5.06 Å². The summed E-state index contributed by atoms with van der Waals surface area (Å²) in [6.07, 6.45) is 1.70. The molecule has 16 heavy (non-hydrogen) atoms. The summed E-state index contributed by atoms with van der Waals surface area (Å²) in [5, 5.41) is 1.79. The minimum absolute atomic E-state index is 0.329. The maximum absolute atomic E-state index is 11.0. The number of carbonyl (C=O) groups excluding carboxylic acids is 1. The Hall–Kier alpha value is -0.580. The van der Waals surface area contributed by atoms with Gasteiger partial charge in [-0.3, -0.25) is 0 Å². The SMILES string of the molecule is C=C(C)C(=O)OCCCCN(CCCl)OC. The van der Waals surface area contributed by atoms with Crippen LogP contribution in [0.1, 0.15) is 19.8 Å². The van der Waals surface area contributed by atoms with Gasteiger partial charge in [0.2, 0.25) is 0 Å². The van der Waals surface area contributed by atoms with Crippen molar-refractivity contribution in [3.63, 3.8) is 0 Å². The van der Waals surface area contributed by atoms with Crippen LogP contribution in [0.2, 0.25) is 0 Å². The molecule has 0 aromatic heterocycles. The van der Waals surface area contributed by atoms with Crippen molar-refractivity contribution in [1.82, 2.24) is 5.06 Å². The fourth-order valence-electron chi connectivity index (χ4n) is 1.07. The number of hydrogen-bond donors (Lipinski definition) is 0. The smallest absolute Gasteiger partial charge is 0.333 e. The highest BCUT2D eigenvalue weighted by atomic mass is 35.5. The quantitative estimate of drug-likeness (QED) is 0.206. The van der Waals surface area contributed by atoms with Crippen LogP contribution in [0.4, 0.5) is 0 Å². The van der Waals surface area contributed by atoms with E-state index in [9.17, 15) is 4.79 Å². The molecule has 0 aliphatic carbocycles. The van der Waals surface area contributed by atoms with Gasteiger partial charge in [0, 0.05) is 24.5 Å². The molecular formula is C11H20ClNO3. The highest BCUT2D eigenvalue weighted by Gasteiger charge is 2.04. The lowest BCUT2D eigenvalue weighted by Crippen LogP contribution is -2.26. The second kappa shape index (κ2) is 9.63. The third-order valence-electron chi connectivity index (χ3n) is 1.98. The molecule has 0 aliphatic heterocycles. The van der Waals surface area contributed by atoms with E-state index in [2.05, 4.69) is 6.58 Å². The number of carbonyl (C=O) groups is 1. The van der Waals surface area contributed by atoms with Crippen LogP contribution in [0.5, 0.6) is 0 Å². The van der Waals surface area contributed by atoms with E-state index in [-0.39, 0.29) is 5.97 Å². The average molecular weight is 250 g/mol. The first-order valence-electron chi connectivity index (χ1n) is 5.29. The Balaban J connectivity index is 3.45. The van der Waals surface area contributed by atoms with Gasteiger partial charge in [0.25, 0.3) is 0 Å². The van der Waals surface area contributed by atoms with Crippen LogP contribution in [0.25, 0.3) is 0 Å². The minimum atomic E-state index is -0.329. The molecule has 0 saturated carbocycles. The van der Waals surface area contributed by atoms with Gasteiger partial charge in [-0.25, -0.2) is 4.79 Å². The molecule has 0 unspecified atom stereocenters. The summed E-state index contributed by atoms with van der Waals surface area (Å²) in [5.74, 6) is 0.211. The van der Waals surface area contributed by atoms with Gasteiger partial charge in [-0.1, -0.05) is 6.58 Å².